The van der Waals surface area contributed by atoms with Crippen molar-refractivity contribution >= 4 is 39.1 Å². The van der Waals surface area contributed by atoms with Crippen molar-refractivity contribution in [3.8, 4) is 17.2 Å². The Morgan fingerprint density at radius 1 is 1.03 bits per heavy atom. The molecule has 0 spiro atoms. The number of benzene rings is 3. The number of ether oxygens (including phenoxy) is 3. The first kappa shape index (κ1) is 45.3. The maximum atomic E-state index is 15.1. The van der Waals surface area contributed by atoms with Crippen molar-refractivity contribution in [2.75, 3.05) is 45.0 Å². The SMILES string of the molecule is C=CCOC12Oc3ccc(Oc4ccc(SC)cc4)cc3C3C(CCCCO)C(CCCCO)C=C(C(=NOC)CC1N(CCC)S(=O)(=O)c1ccc(NC(C)=O)cc1)C32. The Balaban J connectivity index is 1.58. The van der Waals surface area contributed by atoms with Gasteiger partial charge < -0.3 is 34.6 Å². The average Bonchev–Trinajstić information content (AvgIpc) is 3.24. The number of sulfonamides is 1. The van der Waals surface area contributed by atoms with E-state index in [9.17, 15) is 15.0 Å². The molecule has 1 heterocycles. The Kier molecular flexibility index (Phi) is 15.6. The summed E-state index contributed by atoms with van der Waals surface area (Å²) in [5, 5.41) is 27.1. The number of carbonyl (C=O) groups is 1. The molecular weight excluding hydrogens is 803 g/mol. The van der Waals surface area contributed by atoms with Crippen LogP contribution in [0, 0.1) is 17.8 Å². The summed E-state index contributed by atoms with van der Waals surface area (Å²) < 4.78 is 52.4. The van der Waals surface area contributed by atoms with Crippen molar-refractivity contribution in [2.45, 2.75) is 92.8 Å². The fourth-order valence-electron chi connectivity index (χ4n) is 9.29. The molecule has 3 aliphatic rings. The zero-order valence-corrected chi connectivity index (χ0v) is 36.7. The number of fused-ring (bicyclic) bond motifs is 2. The second-order valence-corrected chi connectivity index (χ2v) is 18.3. The van der Waals surface area contributed by atoms with Gasteiger partial charge in [-0.15, -0.1) is 18.3 Å². The molecule has 1 fully saturated rings. The van der Waals surface area contributed by atoms with Gasteiger partial charge >= 0.3 is 0 Å². The van der Waals surface area contributed by atoms with Crippen LogP contribution in [0.5, 0.6) is 17.2 Å². The van der Waals surface area contributed by atoms with Crippen LogP contribution in [0.25, 0.3) is 0 Å². The second kappa shape index (κ2) is 20.6. The summed E-state index contributed by atoms with van der Waals surface area (Å²) in [5.74, 6) is -0.693. The Morgan fingerprint density at radius 2 is 1.73 bits per heavy atom. The number of rotatable bonds is 21. The third kappa shape index (κ3) is 9.64. The number of amides is 1. The van der Waals surface area contributed by atoms with Gasteiger partial charge in [-0.05, 0) is 122 Å². The predicted molar refractivity (Wildman–Crippen MR) is 235 cm³/mol. The number of hydrogen-bond donors (Lipinski definition) is 3. The van der Waals surface area contributed by atoms with Gasteiger partial charge in [0.1, 0.15) is 24.4 Å². The van der Waals surface area contributed by atoms with E-state index in [0.717, 1.165) is 41.7 Å². The molecule has 0 bridgehead atoms. The van der Waals surface area contributed by atoms with Crippen molar-refractivity contribution in [3.05, 3.63) is 96.6 Å². The molecule has 3 aromatic rings. The highest BCUT2D eigenvalue weighted by Crippen LogP contribution is 2.62. The number of oxime groups is 1. The minimum absolute atomic E-state index is 0.00885. The van der Waals surface area contributed by atoms with Gasteiger partial charge in [0, 0.05) is 55.2 Å². The molecule has 324 valence electrons. The molecule has 1 amide bonds. The van der Waals surface area contributed by atoms with Gasteiger partial charge in [0.2, 0.25) is 21.7 Å². The molecule has 14 heteroatoms. The summed E-state index contributed by atoms with van der Waals surface area (Å²) in [7, 11) is -2.72. The van der Waals surface area contributed by atoms with Crippen LogP contribution >= 0.6 is 11.8 Å². The third-order valence-electron chi connectivity index (χ3n) is 11.7. The van der Waals surface area contributed by atoms with Gasteiger partial charge in [0.05, 0.1) is 29.2 Å². The predicted octanol–water partition coefficient (Wildman–Crippen LogP) is 8.52. The molecule has 6 unspecified atom stereocenters. The van der Waals surface area contributed by atoms with Gasteiger partial charge in [-0.2, -0.15) is 4.31 Å². The normalized spacial score (nSPS) is 23.9. The first-order chi connectivity index (χ1) is 29.0. The van der Waals surface area contributed by atoms with E-state index >= 15 is 8.42 Å². The van der Waals surface area contributed by atoms with Crippen LogP contribution in [0.1, 0.15) is 76.7 Å². The average molecular weight is 862 g/mol. The third-order valence-corrected chi connectivity index (χ3v) is 14.4. The fraction of sp³-hybridized carbons (Fsp3) is 0.478. The minimum atomic E-state index is -4.22. The van der Waals surface area contributed by atoms with Crippen molar-refractivity contribution in [3.63, 3.8) is 0 Å². The summed E-state index contributed by atoms with van der Waals surface area (Å²) in [4.78, 5) is 18.5. The fourth-order valence-corrected chi connectivity index (χ4v) is 11.4. The van der Waals surface area contributed by atoms with Crippen molar-refractivity contribution in [1.82, 2.24) is 4.31 Å². The Labute approximate surface area is 359 Å². The van der Waals surface area contributed by atoms with Crippen molar-refractivity contribution in [1.29, 1.82) is 0 Å². The molecule has 2 aliphatic carbocycles. The highest BCUT2D eigenvalue weighted by molar-refractivity contribution is 7.98. The summed E-state index contributed by atoms with van der Waals surface area (Å²) in [6.07, 6.45) is 11.0. The number of hydrogen-bond acceptors (Lipinski definition) is 11. The minimum Gasteiger partial charge on any atom is -0.460 e. The topological polar surface area (TPSA) is 156 Å². The van der Waals surface area contributed by atoms with Gasteiger partial charge in [-0.3, -0.25) is 4.79 Å². The number of nitrogens with zero attached hydrogens (tertiary/aromatic N) is 2. The van der Waals surface area contributed by atoms with E-state index in [4.69, 9.17) is 19.0 Å². The molecule has 1 aliphatic heterocycles. The van der Waals surface area contributed by atoms with Crippen molar-refractivity contribution in [2.24, 2.45) is 22.9 Å². The number of unbranched alkanes of at least 4 members (excludes halogenated alkanes) is 2. The Bertz CT molecular complexity index is 2110. The van der Waals surface area contributed by atoms with Crippen LogP contribution < -0.4 is 14.8 Å². The Hall–Kier alpha value is -4.18. The summed E-state index contributed by atoms with van der Waals surface area (Å²) >= 11 is 1.66. The molecule has 0 saturated heterocycles. The number of thioether (sulfide) groups is 1. The first-order valence-electron chi connectivity index (χ1n) is 20.9. The van der Waals surface area contributed by atoms with Gasteiger partial charge in [-0.25, -0.2) is 8.42 Å². The molecule has 0 aromatic heterocycles. The zero-order chi connectivity index (χ0) is 42.9. The molecule has 3 aromatic carbocycles. The highest BCUT2D eigenvalue weighted by Gasteiger charge is 2.66. The molecule has 6 atom stereocenters. The lowest BCUT2D eigenvalue weighted by molar-refractivity contribution is -0.251. The highest BCUT2D eigenvalue weighted by atomic mass is 32.2. The quantitative estimate of drug-likeness (QED) is 0.0411. The van der Waals surface area contributed by atoms with E-state index in [1.165, 1.54) is 30.5 Å². The maximum absolute atomic E-state index is 15.1. The van der Waals surface area contributed by atoms with E-state index in [1.54, 1.807) is 30.0 Å². The van der Waals surface area contributed by atoms with E-state index in [1.807, 2.05) is 55.6 Å². The lowest BCUT2D eigenvalue weighted by atomic mass is 9.55. The number of aliphatic hydroxyl groups excluding tert-OH is 2. The summed E-state index contributed by atoms with van der Waals surface area (Å²) in [6.45, 7) is 7.71. The maximum Gasteiger partial charge on any atom is 0.243 e. The molecule has 12 nitrogen and oxygen atoms in total. The molecule has 0 radical (unpaired) electrons. The smallest absolute Gasteiger partial charge is 0.243 e. The van der Waals surface area contributed by atoms with Crippen LogP contribution in [0.4, 0.5) is 5.69 Å². The lowest BCUT2D eigenvalue weighted by Gasteiger charge is -2.59. The van der Waals surface area contributed by atoms with Gasteiger partial charge in [-0.1, -0.05) is 37.1 Å². The second-order valence-electron chi connectivity index (χ2n) is 15.6. The van der Waals surface area contributed by atoms with Crippen molar-refractivity contribution < 1.29 is 42.5 Å². The molecule has 6 rings (SSSR count). The van der Waals surface area contributed by atoms with E-state index in [-0.39, 0.29) is 61.3 Å². The van der Waals surface area contributed by atoms with Crippen LogP contribution in [-0.2, 0) is 24.4 Å². The molecule has 60 heavy (non-hydrogen) atoms. The number of aliphatic hydroxyl groups is 2. The summed E-state index contributed by atoms with van der Waals surface area (Å²) in [6, 6.07) is 19.0. The van der Waals surface area contributed by atoms with Crippen LogP contribution in [0.2, 0.25) is 0 Å². The number of allylic oxidation sites excluding steroid dienone is 1. The lowest BCUT2D eigenvalue weighted by Crippen LogP contribution is -2.70. The Morgan fingerprint density at radius 3 is 2.37 bits per heavy atom. The number of carbonyl (C=O) groups excluding carboxylic acids is 1. The van der Waals surface area contributed by atoms with E-state index < -0.39 is 27.8 Å². The molecule has 3 N–H and O–H groups in total. The van der Waals surface area contributed by atoms with E-state index in [0.29, 0.717) is 47.9 Å². The molecular formula is C46H59N3O9S2. The van der Waals surface area contributed by atoms with Crippen LogP contribution in [0.15, 0.2) is 106 Å². The molecule has 1 saturated carbocycles. The van der Waals surface area contributed by atoms with E-state index in [2.05, 4.69) is 23.1 Å². The van der Waals surface area contributed by atoms with Crippen LogP contribution in [-0.4, -0.2) is 86.1 Å². The first-order valence-corrected chi connectivity index (χ1v) is 23.5. The monoisotopic (exact) mass is 861 g/mol. The summed E-state index contributed by atoms with van der Waals surface area (Å²) in [5.41, 5.74) is 2.89. The number of anilines is 1. The standard InChI is InChI=1S/C46H59N3O9S2/c1-6-24-49(60(53,54)37-21-14-33(15-22-37)47-31(3)52)43-30-41(48-55-4)39-28-32(12-8-10-25-50)38(13-9-11-26-51)44-40-29-35(57-34-16-19-36(59-5)20-17-34)18-23-42(40)58-46(43,45(39)44)56-27-7-2/h7,14-23,28-29,32,38,43-45,50-51H,2,6,8-13,24-27,30H2,1,3-5H3,(H,47,52). The largest absolute Gasteiger partial charge is 0.460 e. The van der Waals surface area contributed by atoms with Gasteiger partial charge in [0.15, 0.2) is 0 Å². The van der Waals surface area contributed by atoms with Crippen LogP contribution in [0.3, 0.4) is 0 Å². The zero-order valence-electron chi connectivity index (χ0n) is 35.0. The number of nitrogens with one attached hydrogen (secondary N) is 1. The van der Waals surface area contributed by atoms with Gasteiger partial charge in [0.25, 0.3) is 0 Å².